The van der Waals surface area contributed by atoms with Gasteiger partial charge in [-0.2, -0.15) is 0 Å². The summed E-state index contributed by atoms with van der Waals surface area (Å²) in [6, 6.07) is 20.1. The Hall–Kier alpha value is -4.53. The van der Waals surface area contributed by atoms with Crippen LogP contribution in [0.4, 0.5) is 27.5 Å². The standard InChI is InChI=1S/C27H24N4O5/c1-3-28-18(2)27(17-19-16-22(31(35)36)14-15-23(19)28)24(32)29(20-10-6-4-7-11-20)26(34)30(25(27)33)21-12-8-5-9-13-21/h4-16,18H,3,17H2,1-2H3/t18-/m1/s1. The minimum absolute atomic E-state index is 0.0701. The topological polar surface area (TPSA) is 104 Å². The van der Waals surface area contributed by atoms with Crippen LogP contribution in [0.1, 0.15) is 19.4 Å². The van der Waals surface area contributed by atoms with E-state index in [1.165, 1.54) is 12.1 Å². The van der Waals surface area contributed by atoms with Gasteiger partial charge in [-0.15, -0.1) is 0 Å². The quantitative estimate of drug-likeness (QED) is 0.306. The van der Waals surface area contributed by atoms with Crippen LogP contribution in [0.5, 0.6) is 0 Å². The lowest BCUT2D eigenvalue weighted by Crippen LogP contribution is -2.72. The second kappa shape index (κ2) is 8.60. The van der Waals surface area contributed by atoms with E-state index in [4.69, 9.17) is 0 Å². The van der Waals surface area contributed by atoms with Gasteiger partial charge in [0.2, 0.25) is 0 Å². The lowest BCUT2D eigenvalue weighted by molar-refractivity contribution is -0.384. The number of rotatable bonds is 4. The van der Waals surface area contributed by atoms with Gasteiger partial charge in [0.1, 0.15) is 0 Å². The summed E-state index contributed by atoms with van der Waals surface area (Å²) >= 11 is 0. The van der Waals surface area contributed by atoms with Crippen LogP contribution < -0.4 is 14.7 Å². The summed E-state index contributed by atoms with van der Waals surface area (Å²) < 4.78 is 0. The molecule has 0 radical (unpaired) electrons. The maximum atomic E-state index is 14.3. The van der Waals surface area contributed by atoms with Gasteiger partial charge in [0, 0.05) is 36.8 Å². The van der Waals surface area contributed by atoms with E-state index in [1.807, 2.05) is 11.8 Å². The molecule has 0 N–H and O–H groups in total. The van der Waals surface area contributed by atoms with E-state index in [2.05, 4.69) is 0 Å². The van der Waals surface area contributed by atoms with Crippen LogP contribution in [0.2, 0.25) is 0 Å². The monoisotopic (exact) mass is 484 g/mol. The van der Waals surface area contributed by atoms with Crippen molar-refractivity contribution in [2.45, 2.75) is 26.3 Å². The maximum absolute atomic E-state index is 14.3. The number of benzene rings is 3. The Labute approximate surface area is 207 Å². The zero-order valence-corrected chi connectivity index (χ0v) is 19.8. The number of carbonyl (C=O) groups excluding carboxylic acids is 3. The largest absolute Gasteiger partial charge is 0.367 e. The van der Waals surface area contributed by atoms with Crippen molar-refractivity contribution >= 4 is 40.6 Å². The van der Waals surface area contributed by atoms with Gasteiger partial charge >= 0.3 is 6.03 Å². The van der Waals surface area contributed by atoms with E-state index in [0.29, 0.717) is 23.5 Å². The highest BCUT2D eigenvalue weighted by Crippen LogP contribution is 2.48. The number of hydrogen-bond donors (Lipinski definition) is 0. The summed E-state index contributed by atoms with van der Waals surface area (Å²) in [5.41, 5.74) is 0.136. The zero-order chi connectivity index (χ0) is 25.6. The second-order valence-corrected chi connectivity index (χ2v) is 8.92. The van der Waals surface area contributed by atoms with Gasteiger partial charge in [0.05, 0.1) is 16.3 Å². The first-order valence-electron chi connectivity index (χ1n) is 11.7. The van der Waals surface area contributed by atoms with Crippen molar-refractivity contribution < 1.29 is 19.3 Å². The molecule has 2 heterocycles. The molecule has 0 saturated carbocycles. The molecule has 2 aliphatic heterocycles. The van der Waals surface area contributed by atoms with Crippen LogP contribution in [-0.2, 0) is 16.0 Å². The third-order valence-electron chi connectivity index (χ3n) is 7.15. The number of nitro groups is 1. The lowest BCUT2D eigenvalue weighted by atomic mass is 9.68. The fourth-order valence-corrected chi connectivity index (χ4v) is 5.36. The molecule has 9 heteroatoms. The number of barbiturate groups is 1. The molecular weight excluding hydrogens is 460 g/mol. The molecule has 1 spiro atoms. The zero-order valence-electron chi connectivity index (χ0n) is 19.8. The van der Waals surface area contributed by atoms with Crippen molar-refractivity contribution in [1.29, 1.82) is 0 Å². The highest BCUT2D eigenvalue weighted by molar-refractivity contribution is 6.39. The Balaban J connectivity index is 1.75. The Morgan fingerprint density at radius 2 is 1.42 bits per heavy atom. The minimum atomic E-state index is -1.68. The number of amides is 4. The van der Waals surface area contributed by atoms with E-state index in [-0.39, 0.29) is 12.1 Å². The molecule has 5 rings (SSSR count). The summed E-state index contributed by atoms with van der Waals surface area (Å²) in [4.78, 5) is 57.4. The molecule has 3 aromatic carbocycles. The second-order valence-electron chi connectivity index (χ2n) is 8.92. The number of hydrogen-bond acceptors (Lipinski definition) is 6. The first kappa shape index (κ1) is 23.2. The predicted octanol–water partition coefficient (Wildman–Crippen LogP) is 4.55. The van der Waals surface area contributed by atoms with Gasteiger partial charge in [0.25, 0.3) is 17.5 Å². The van der Waals surface area contributed by atoms with Crippen molar-refractivity contribution in [3.63, 3.8) is 0 Å². The van der Waals surface area contributed by atoms with Gasteiger partial charge in [0.15, 0.2) is 5.41 Å². The van der Waals surface area contributed by atoms with Crippen molar-refractivity contribution in [2.24, 2.45) is 5.41 Å². The van der Waals surface area contributed by atoms with Gasteiger partial charge < -0.3 is 4.90 Å². The number of anilines is 3. The Bertz CT molecular complexity index is 1310. The Morgan fingerprint density at radius 3 is 1.89 bits per heavy atom. The molecule has 36 heavy (non-hydrogen) atoms. The molecule has 0 aromatic heterocycles. The van der Waals surface area contributed by atoms with Crippen molar-refractivity contribution in [3.8, 4) is 0 Å². The number of non-ortho nitro benzene ring substituents is 1. The van der Waals surface area contributed by atoms with Crippen LogP contribution in [0.25, 0.3) is 0 Å². The van der Waals surface area contributed by atoms with E-state index in [0.717, 1.165) is 15.5 Å². The highest BCUT2D eigenvalue weighted by atomic mass is 16.6. The third kappa shape index (κ3) is 3.27. The molecule has 3 aromatic rings. The molecular formula is C27H24N4O5. The van der Waals surface area contributed by atoms with E-state index in [9.17, 15) is 24.5 Å². The van der Waals surface area contributed by atoms with Crippen LogP contribution in [0, 0.1) is 15.5 Å². The third-order valence-corrected chi connectivity index (χ3v) is 7.15. The molecule has 182 valence electrons. The molecule has 0 unspecified atom stereocenters. The number of nitrogens with zero attached hydrogens (tertiary/aromatic N) is 4. The number of imide groups is 2. The number of fused-ring (bicyclic) bond motifs is 1. The molecule has 0 aliphatic carbocycles. The number of nitro benzene ring substituents is 1. The Kier molecular flexibility index (Phi) is 5.55. The summed E-state index contributed by atoms with van der Waals surface area (Å²) in [6.07, 6.45) is -0.0701. The van der Waals surface area contributed by atoms with Gasteiger partial charge in [-0.1, -0.05) is 36.4 Å². The number of carbonyl (C=O) groups is 3. The van der Waals surface area contributed by atoms with Crippen LogP contribution in [-0.4, -0.2) is 35.4 Å². The first-order valence-corrected chi connectivity index (χ1v) is 11.7. The normalized spacial score (nSPS) is 19.0. The Morgan fingerprint density at radius 1 is 0.889 bits per heavy atom. The minimum Gasteiger partial charge on any atom is -0.367 e. The molecule has 1 saturated heterocycles. The molecule has 2 aliphatic rings. The maximum Gasteiger partial charge on any atom is 0.342 e. The van der Waals surface area contributed by atoms with E-state index in [1.54, 1.807) is 73.7 Å². The summed E-state index contributed by atoms with van der Waals surface area (Å²) in [5, 5.41) is 11.5. The van der Waals surface area contributed by atoms with Crippen LogP contribution in [0.15, 0.2) is 78.9 Å². The summed E-state index contributed by atoms with van der Waals surface area (Å²) in [7, 11) is 0. The van der Waals surface area contributed by atoms with Crippen molar-refractivity contribution in [2.75, 3.05) is 21.2 Å². The molecule has 1 atom stereocenters. The van der Waals surface area contributed by atoms with Crippen LogP contribution in [0.3, 0.4) is 0 Å². The summed E-state index contributed by atoms with van der Waals surface area (Å²) in [5.74, 6) is -1.28. The number of para-hydroxylation sites is 2. The number of urea groups is 1. The SMILES string of the molecule is CCN1c2ccc([N+](=O)[O-])cc2CC2(C(=O)N(c3ccccc3)C(=O)N(c3ccccc3)C2=O)[C@H]1C. The van der Waals surface area contributed by atoms with Crippen LogP contribution >= 0.6 is 0 Å². The van der Waals surface area contributed by atoms with Gasteiger partial charge in [-0.25, -0.2) is 14.6 Å². The smallest absolute Gasteiger partial charge is 0.342 e. The average Bonchev–Trinajstić information content (AvgIpc) is 2.89. The van der Waals surface area contributed by atoms with E-state index >= 15 is 0 Å². The fraction of sp³-hybridized carbons (Fsp3) is 0.222. The molecule has 9 nitrogen and oxygen atoms in total. The molecule has 4 amide bonds. The fourth-order valence-electron chi connectivity index (χ4n) is 5.36. The van der Waals surface area contributed by atoms with Crippen molar-refractivity contribution in [3.05, 3.63) is 94.5 Å². The molecule has 1 fully saturated rings. The molecule has 0 bridgehead atoms. The highest BCUT2D eigenvalue weighted by Gasteiger charge is 2.63. The summed E-state index contributed by atoms with van der Waals surface area (Å²) in [6.45, 7) is 4.15. The lowest BCUT2D eigenvalue weighted by Gasteiger charge is -2.52. The van der Waals surface area contributed by atoms with Gasteiger partial charge in [-0.05, 0) is 49.7 Å². The van der Waals surface area contributed by atoms with Gasteiger partial charge in [-0.3, -0.25) is 19.7 Å². The van der Waals surface area contributed by atoms with E-state index < -0.39 is 34.2 Å². The van der Waals surface area contributed by atoms with Crippen molar-refractivity contribution in [1.82, 2.24) is 0 Å². The average molecular weight is 485 g/mol. The first-order chi connectivity index (χ1) is 17.3. The predicted molar refractivity (Wildman–Crippen MR) is 135 cm³/mol.